The topological polar surface area (TPSA) is 71.8 Å². The van der Waals surface area contributed by atoms with Gasteiger partial charge in [-0.3, -0.25) is 4.79 Å². The number of benzene rings is 2. The van der Waals surface area contributed by atoms with E-state index in [1.165, 1.54) is 23.1 Å². The summed E-state index contributed by atoms with van der Waals surface area (Å²) in [6.45, 7) is 0. The van der Waals surface area contributed by atoms with Crippen LogP contribution in [0.25, 0.3) is 32.8 Å². The number of aromatic nitrogens is 3. The van der Waals surface area contributed by atoms with Gasteiger partial charge in [0.2, 0.25) is 0 Å². The Labute approximate surface area is 174 Å². The van der Waals surface area contributed by atoms with Crippen LogP contribution in [0.5, 0.6) is 0 Å². The molecule has 0 aliphatic carbocycles. The van der Waals surface area contributed by atoms with Gasteiger partial charge >= 0.3 is 0 Å². The average molecular weight is 418 g/mol. The molecule has 5 aromatic rings. The Morgan fingerprint density at radius 3 is 2.41 bits per heavy atom. The molecule has 0 aliphatic heterocycles. The minimum Gasteiger partial charge on any atom is -0.431 e. The summed E-state index contributed by atoms with van der Waals surface area (Å²) >= 11 is 2.80. The summed E-state index contributed by atoms with van der Waals surface area (Å²) in [5.74, 6) is 1.80. The zero-order valence-electron chi connectivity index (χ0n) is 15.2. The minimum atomic E-state index is -0.108. The SMILES string of the molecule is O=c1[nH]c(CSc2nc(-c3ccccc3)c(-c3ccccc3)o2)nc2ccsc12. The van der Waals surface area contributed by atoms with Crippen LogP contribution in [-0.4, -0.2) is 15.0 Å². The number of thiophene rings is 1. The van der Waals surface area contributed by atoms with Crippen LogP contribution < -0.4 is 5.56 Å². The van der Waals surface area contributed by atoms with Crippen molar-refractivity contribution in [3.8, 4) is 22.6 Å². The molecule has 142 valence electrons. The van der Waals surface area contributed by atoms with Crippen molar-refractivity contribution in [3.63, 3.8) is 0 Å². The summed E-state index contributed by atoms with van der Waals surface area (Å²) in [4.78, 5) is 24.3. The van der Waals surface area contributed by atoms with Gasteiger partial charge in [0.05, 0.1) is 11.3 Å². The van der Waals surface area contributed by atoms with E-state index < -0.39 is 0 Å². The Kier molecular flexibility index (Phi) is 4.75. The minimum absolute atomic E-state index is 0.108. The normalized spacial score (nSPS) is 11.2. The average Bonchev–Trinajstić information content (AvgIpc) is 3.41. The highest BCUT2D eigenvalue weighted by Gasteiger charge is 2.17. The third kappa shape index (κ3) is 3.62. The fourth-order valence-corrected chi connectivity index (χ4v) is 4.48. The number of thioether (sulfide) groups is 1. The van der Waals surface area contributed by atoms with E-state index in [2.05, 4.69) is 9.97 Å². The lowest BCUT2D eigenvalue weighted by atomic mass is 10.1. The van der Waals surface area contributed by atoms with Crippen molar-refractivity contribution in [2.24, 2.45) is 0 Å². The molecule has 3 heterocycles. The second kappa shape index (κ2) is 7.69. The largest absolute Gasteiger partial charge is 0.431 e. The fraction of sp³-hybridized carbons (Fsp3) is 0.0455. The lowest BCUT2D eigenvalue weighted by Crippen LogP contribution is -2.09. The number of nitrogens with one attached hydrogen (secondary N) is 1. The molecule has 0 fully saturated rings. The molecule has 2 aromatic carbocycles. The highest BCUT2D eigenvalue weighted by atomic mass is 32.2. The van der Waals surface area contributed by atoms with Crippen molar-refractivity contribution >= 4 is 33.3 Å². The molecule has 29 heavy (non-hydrogen) atoms. The number of hydrogen-bond donors (Lipinski definition) is 1. The lowest BCUT2D eigenvalue weighted by Gasteiger charge is -2.00. The number of rotatable bonds is 5. The summed E-state index contributed by atoms with van der Waals surface area (Å²) in [5.41, 5.74) is 3.37. The van der Waals surface area contributed by atoms with Crippen LogP contribution in [0.4, 0.5) is 0 Å². The van der Waals surface area contributed by atoms with Crippen molar-refractivity contribution in [3.05, 3.63) is 88.3 Å². The summed E-state index contributed by atoms with van der Waals surface area (Å²) in [6.07, 6.45) is 0. The predicted molar refractivity (Wildman–Crippen MR) is 117 cm³/mol. The molecule has 0 spiro atoms. The van der Waals surface area contributed by atoms with Crippen LogP contribution >= 0.6 is 23.1 Å². The van der Waals surface area contributed by atoms with Crippen molar-refractivity contribution < 1.29 is 4.42 Å². The van der Waals surface area contributed by atoms with Gasteiger partial charge in [0, 0.05) is 11.1 Å². The molecule has 1 N–H and O–H groups in total. The maximum absolute atomic E-state index is 12.2. The zero-order chi connectivity index (χ0) is 19.6. The molecule has 0 saturated carbocycles. The number of nitrogens with zero attached hydrogens (tertiary/aromatic N) is 2. The van der Waals surface area contributed by atoms with E-state index in [4.69, 9.17) is 9.40 Å². The molecular formula is C22H15N3O2S2. The molecule has 0 unspecified atom stereocenters. The van der Waals surface area contributed by atoms with E-state index in [-0.39, 0.29) is 5.56 Å². The lowest BCUT2D eigenvalue weighted by molar-refractivity contribution is 0.466. The Hall–Kier alpha value is -3.16. The third-order valence-corrected chi connectivity index (χ3v) is 6.13. The van der Waals surface area contributed by atoms with Gasteiger partial charge in [-0.15, -0.1) is 11.3 Å². The van der Waals surface area contributed by atoms with Gasteiger partial charge in [-0.25, -0.2) is 9.97 Å². The molecule has 0 radical (unpaired) electrons. The monoisotopic (exact) mass is 417 g/mol. The van der Waals surface area contributed by atoms with Gasteiger partial charge in [0.15, 0.2) is 5.76 Å². The Balaban J connectivity index is 1.48. The molecule has 0 aliphatic rings. The third-order valence-electron chi connectivity index (χ3n) is 4.39. The number of aromatic amines is 1. The van der Waals surface area contributed by atoms with Gasteiger partial charge in [-0.2, -0.15) is 0 Å². The molecule has 5 nitrogen and oxygen atoms in total. The van der Waals surface area contributed by atoms with E-state index in [1.807, 2.05) is 72.1 Å². The van der Waals surface area contributed by atoms with Gasteiger partial charge < -0.3 is 9.40 Å². The first kappa shape index (κ1) is 17.9. The van der Waals surface area contributed by atoms with E-state index in [1.54, 1.807) is 0 Å². The molecule has 0 atom stereocenters. The molecule has 0 bridgehead atoms. The van der Waals surface area contributed by atoms with Crippen LogP contribution in [0.15, 0.2) is 86.5 Å². The van der Waals surface area contributed by atoms with Gasteiger partial charge in [0.1, 0.15) is 16.2 Å². The number of hydrogen-bond acceptors (Lipinski definition) is 6. The summed E-state index contributed by atoms with van der Waals surface area (Å²) in [7, 11) is 0. The van der Waals surface area contributed by atoms with Crippen LogP contribution in [-0.2, 0) is 5.75 Å². The van der Waals surface area contributed by atoms with E-state index >= 15 is 0 Å². The zero-order valence-corrected chi connectivity index (χ0v) is 16.8. The van der Waals surface area contributed by atoms with Crippen LogP contribution in [0.3, 0.4) is 0 Å². The predicted octanol–water partition coefficient (Wildman–Crippen LogP) is 5.60. The van der Waals surface area contributed by atoms with Crippen molar-refractivity contribution in [2.45, 2.75) is 11.0 Å². The first-order chi connectivity index (χ1) is 14.3. The molecule has 0 amide bonds. The summed E-state index contributed by atoms with van der Waals surface area (Å²) in [6, 6.07) is 21.8. The standard InChI is InChI=1S/C22H15N3O2S2/c26-21-20-16(11-12-28-20)23-17(24-21)13-29-22-25-18(14-7-3-1-4-8-14)19(27-22)15-9-5-2-6-10-15/h1-12H,13H2,(H,23,24,26). The fourth-order valence-electron chi connectivity index (χ4n) is 3.06. The molecule has 7 heteroatoms. The Morgan fingerprint density at radius 2 is 1.66 bits per heavy atom. The van der Waals surface area contributed by atoms with Gasteiger partial charge in [-0.05, 0) is 11.4 Å². The summed E-state index contributed by atoms with van der Waals surface area (Å²) < 4.78 is 6.76. The Morgan fingerprint density at radius 1 is 0.931 bits per heavy atom. The number of fused-ring (bicyclic) bond motifs is 1. The molecule has 0 saturated heterocycles. The Bertz CT molecular complexity index is 1270. The molecule has 5 rings (SSSR count). The number of H-pyrrole nitrogens is 1. The maximum atomic E-state index is 12.2. The first-order valence-corrected chi connectivity index (χ1v) is 10.9. The second-order valence-corrected chi connectivity index (χ2v) is 8.17. The van der Waals surface area contributed by atoms with Crippen molar-refractivity contribution in [2.75, 3.05) is 0 Å². The first-order valence-electron chi connectivity index (χ1n) is 8.99. The van der Waals surface area contributed by atoms with E-state index in [9.17, 15) is 4.79 Å². The van der Waals surface area contributed by atoms with Gasteiger partial charge in [0.25, 0.3) is 10.8 Å². The maximum Gasteiger partial charge on any atom is 0.268 e. The van der Waals surface area contributed by atoms with Crippen molar-refractivity contribution in [1.29, 1.82) is 0 Å². The second-order valence-electron chi connectivity index (χ2n) is 6.33. The van der Waals surface area contributed by atoms with Crippen molar-refractivity contribution in [1.82, 2.24) is 15.0 Å². The smallest absolute Gasteiger partial charge is 0.268 e. The van der Waals surface area contributed by atoms with Crippen LogP contribution in [0, 0.1) is 0 Å². The number of oxazole rings is 1. The summed E-state index contributed by atoms with van der Waals surface area (Å²) in [5, 5.41) is 2.41. The van der Waals surface area contributed by atoms with Crippen LogP contribution in [0.2, 0.25) is 0 Å². The highest BCUT2D eigenvalue weighted by Crippen LogP contribution is 2.36. The van der Waals surface area contributed by atoms with Crippen LogP contribution in [0.1, 0.15) is 5.82 Å². The highest BCUT2D eigenvalue weighted by molar-refractivity contribution is 7.98. The van der Waals surface area contributed by atoms with Gasteiger partial charge in [-0.1, -0.05) is 72.4 Å². The molecular weight excluding hydrogens is 402 g/mol. The quantitative estimate of drug-likeness (QED) is 0.377. The van der Waals surface area contributed by atoms with E-state index in [0.29, 0.717) is 21.5 Å². The molecule has 3 aromatic heterocycles. The van der Waals surface area contributed by atoms with E-state index in [0.717, 1.165) is 28.1 Å².